The number of fused-ring (bicyclic) bond motifs is 5. The largest absolute Gasteiger partial charge is 0.363 e. The number of nitrogens with zero attached hydrogens (tertiary/aromatic N) is 6. The predicted molar refractivity (Wildman–Crippen MR) is 551 cm³/mol. The fourth-order valence-corrected chi connectivity index (χ4v) is 30.3. The maximum Gasteiger partial charge on any atom is 0.315 e. The Balaban J connectivity index is 0.000000184. The summed E-state index contributed by atoms with van der Waals surface area (Å²) in [5, 5.41) is 27.9. The van der Waals surface area contributed by atoms with Crippen LogP contribution in [-0.2, 0) is 101 Å². The lowest BCUT2D eigenvalue weighted by Crippen LogP contribution is -2.62. The van der Waals surface area contributed by atoms with E-state index in [1.54, 1.807) is 45.5 Å². The van der Waals surface area contributed by atoms with Crippen molar-refractivity contribution < 1.29 is 97.2 Å². The van der Waals surface area contributed by atoms with Crippen molar-refractivity contribution in [1.82, 2.24) is 75.5 Å². The Kier molecular flexibility index (Phi) is 34.5. The Morgan fingerprint density at radius 1 is 0.415 bits per heavy atom. The molecule has 39 nitrogen and oxygen atoms in total. The van der Waals surface area contributed by atoms with E-state index in [-0.39, 0.29) is 137 Å². The summed E-state index contributed by atoms with van der Waals surface area (Å²) in [6.07, 6.45) is 16.1. The number of carbonyl (C=O) groups is 15. The summed E-state index contributed by atoms with van der Waals surface area (Å²) in [6, 6.07) is -3.62. The van der Waals surface area contributed by atoms with Crippen molar-refractivity contribution in [3.63, 3.8) is 0 Å². The van der Waals surface area contributed by atoms with Crippen LogP contribution < -0.4 is 65.1 Å². The van der Waals surface area contributed by atoms with Gasteiger partial charge < -0.3 is 79.8 Å². The van der Waals surface area contributed by atoms with E-state index >= 15 is 0 Å². The van der Waals surface area contributed by atoms with Gasteiger partial charge >= 0.3 is 18.1 Å². The van der Waals surface area contributed by atoms with Gasteiger partial charge in [-0.25, -0.2) is 39.6 Å². The molecule has 6 aliphatic heterocycles. The third kappa shape index (κ3) is 25.9. The number of unbranched alkanes of at least 4 members (excludes halogenated alkanes) is 1. The van der Waals surface area contributed by atoms with Crippen molar-refractivity contribution in [2.24, 2.45) is 114 Å². The molecule has 147 heavy (non-hydrogen) atoms. The van der Waals surface area contributed by atoms with E-state index in [1.165, 1.54) is 29.2 Å². The van der Waals surface area contributed by atoms with Crippen LogP contribution in [0.1, 0.15) is 277 Å². The van der Waals surface area contributed by atoms with Gasteiger partial charge in [0.25, 0.3) is 17.7 Å². The van der Waals surface area contributed by atoms with Crippen LogP contribution in [0.2, 0.25) is 0 Å². The highest BCUT2D eigenvalue weighted by atomic mass is 32.2. The summed E-state index contributed by atoms with van der Waals surface area (Å²) in [5.41, 5.74) is 13.7. The first kappa shape index (κ1) is 115. The number of ketones is 3. The number of amides is 15. The number of nitrogens with one attached hydrogen (secondary N) is 9. The zero-order chi connectivity index (χ0) is 108. The Hall–Kier alpha value is -9.30. The number of nitrogens with two attached hydrogens (primary N) is 3. The lowest BCUT2D eigenvalue weighted by atomic mass is 9.83. The molecule has 15 N–H and O–H groups in total. The van der Waals surface area contributed by atoms with Gasteiger partial charge in [-0.1, -0.05) is 227 Å². The predicted octanol–water partition coefficient (Wildman–Crippen LogP) is 7.17. The quantitative estimate of drug-likeness (QED) is 0.0301. The first-order valence-corrected chi connectivity index (χ1v) is 58.4. The standard InChI is InChI=1S/C35H52N6O7S2.C35H54N6O7S.C34H56N6O7S/c1-34(2,3)25(18-40-17-23-24(13-14-49-23)50(40,47)48)38-33(46)39-27(20-9-7-6-8-10-20)32(45)41-16-21-26(35(21,4)5)28(41)31(44)37-22(15-19-11-12-19)29(42)30(36)43;1-10-11-15-22(27(42)29(36)43)37-30(44)26-25-21(35(25,8)9)18-41(26)31(45)28(34(5,6)7)39-32(46)38-24(33(2,3)4)19-40-17-20-14-12-13-16-23(20)49(40,47)48;1-33(2,3)24(19-39-15-9-10-16-48(39,46)47)37-32(45)38-26(21-11-7-6-8-12-21)31(44)40-18-22-25(34(22,4)5)27(40)30(43)36-23(17-20-13-14-20)28(41)29(35)42/h13-14,19-22,25-28H,6-12,15-18H2,1-5H3,(H2,36,43)(H,37,44)(H2,38,39,46);12-14,16,21-22,24-26,28H,10-11,15,17-19H2,1-9H3,(H2,36,43)(H,37,44)(H2,38,39,46);20-27H,6-19H2,1-5H3,(H2,35,42)(H,36,43)(H2,37,38,45)/t21-,22?,25+,26-,27-,28-;21-,22?,24+,25-,26-,28+;22-,23?,24+,25-,26-,27-/m000/s1. The normalized spacial score (nSPS) is 26.8. The molecule has 4 saturated heterocycles. The van der Waals surface area contributed by atoms with E-state index in [4.69, 9.17) is 17.2 Å². The molecule has 3 unspecified atom stereocenters. The molecule has 43 heteroatoms. The fraction of sp³-hybridized carbons (Fsp3) is 0.760. The molecule has 818 valence electrons. The highest BCUT2D eigenvalue weighted by Gasteiger charge is 2.73. The lowest BCUT2D eigenvalue weighted by Gasteiger charge is -2.39. The van der Waals surface area contributed by atoms with E-state index in [0.29, 0.717) is 62.3 Å². The van der Waals surface area contributed by atoms with Crippen LogP contribution in [0.25, 0.3) is 0 Å². The van der Waals surface area contributed by atoms with Crippen molar-refractivity contribution in [1.29, 1.82) is 0 Å². The smallest absolute Gasteiger partial charge is 0.315 e. The van der Waals surface area contributed by atoms with E-state index in [9.17, 15) is 97.2 Å². The fourth-order valence-electron chi connectivity index (χ4n) is 24.1. The maximum atomic E-state index is 14.6. The molecule has 1 aromatic heterocycles. The molecule has 7 saturated carbocycles. The molecule has 7 heterocycles. The number of hydrogen-bond acceptors (Lipinski definition) is 22. The lowest BCUT2D eigenvalue weighted by molar-refractivity contribution is -0.145. The number of piperidine rings is 3. The van der Waals surface area contributed by atoms with E-state index < -0.39 is 201 Å². The van der Waals surface area contributed by atoms with Crippen LogP contribution in [0.15, 0.2) is 45.5 Å². The molecular formula is C104H162N18O21S4. The number of likely N-dealkylation sites (tertiary alicyclic amines) is 3. The Morgan fingerprint density at radius 2 is 0.782 bits per heavy atom. The van der Waals surface area contributed by atoms with Gasteiger partial charge in [0.2, 0.25) is 82.9 Å². The molecule has 18 atom stereocenters. The summed E-state index contributed by atoms with van der Waals surface area (Å²) >= 11 is 1.39. The number of sulfonamides is 3. The molecule has 0 spiro atoms. The third-order valence-corrected chi connectivity index (χ3v) is 41.0. The highest BCUT2D eigenvalue weighted by molar-refractivity contribution is 7.90. The Morgan fingerprint density at radius 3 is 1.15 bits per heavy atom. The summed E-state index contributed by atoms with van der Waals surface area (Å²) < 4.78 is 82.9. The first-order valence-electron chi connectivity index (χ1n) is 53.0. The molecule has 15 amide bonds. The van der Waals surface area contributed by atoms with Crippen LogP contribution in [0, 0.1) is 97.1 Å². The summed E-state index contributed by atoms with van der Waals surface area (Å²) in [4.78, 5) is 206. The van der Waals surface area contributed by atoms with Gasteiger partial charge in [-0.2, -0.15) is 12.9 Å². The molecule has 7 aliphatic carbocycles. The second-order valence-corrected chi connectivity index (χ2v) is 56.9. The minimum atomic E-state index is -3.74. The van der Waals surface area contributed by atoms with Gasteiger partial charge in [-0.05, 0) is 178 Å². The monoisotopic (exact) mass is 2130 g/mol. The van der Waals surface area contributed by atoms with Gasteiger partial charge in [0, 0.05) is 81.9 Å². The van der Waals surface area contributed by atoms with Crippen LogP contribution in [0.5, 0.6) is 0 Å². The minimum Gasteiger partial charge on any atom is -0.363 e. The molecule has 0 bridgehead atoms. The first-order chi connectivity index (χ1) is 68.3. The van der Waals surface area contributed by atoms with Gasteiger partial charge in [-0.15, -0.1) is 11.3 Å². The van der Waals surface area contributed by atoms with Crippen molar-refractivity contribution in [3.05, 3.63) is 46.2 Å². The Bertz CT molecular complexity index is 5700. The van der Waals surface area contributed by atoms with Gasteiger partial charge in [0.05, 0.1) is 33.7 Å². The number of hydrogen-bond donors (Lipinski definition) is 12. The zero-order valence-corrected chi connectivity index (χ0v) is 92.5. The van der Waals surface area contributed by atoms with Gasteiger partial charge in [0.15, 0.2) is 0 Å². The second kappa shape index (κ2) is 44.2. The summed E-state index contributed by atoms with van der Waals surface area (Å²) in [6.45, 7) is 39.1. The number of primary amides is 3. The number of urea groups is 3. The maximum absolute atomic E-state index is 14.6. The zero-order valence-electron chi connectivity index (χ0n) is 89.2. The van der Waals surface area contributed by atoms with E-state index in [2.05, 4.69) is 75.5 Å². The van der Waals surface area contributed by atoms with Crippen LogP contribution in [0.3, 0.4) is 0 Å². The SMILES string of the molecule is CC(C)(C)[C@@H](CN1CCCCS1(=O)=O)NC(=O)N[C@H](C(=O)N1C[C@H]2[C@@H]([C@H]1C(=O)NC(CC1CC1)C(=O)C(N)=O)C2(C)C)C1CCCCC1.CC(C)(C)[C@@H](CN1Cc2sccc2S1(=O)=O)NC(=O)N[C@H](C(=O)N1C[C@H]2[C@@H]([C@H]1C(=O)NC(CC1CC1)C(=O)C(N)=O)C2(C)C)C1CCCCC1.CCCCC(NC(=O)[C@@H]1[C@@H]2[C@H](CN1C(=O)[C@@H](NC(=O)N[C@H](CN1Cc3ccccc3S1(=O)=O)C(C)(C)C)C(C)(C)C)C2(C)C)C(=O)C(N)=O. The number of rotatable bonds is 36. The second-order valence-electron chi connectivity index (χ2n) is 50.0. The van der Waals surface area contributed by atoms with Crippen molar-refractivity contribution in [2.75, 3.05) is 51.6 Å². The number of carbonyl (C=O) groups excluding carboxylic acids is 15. The van der Waals surface area contributed by atoms with Gasteiger partial charge in [-0.3, -0.25) is 57.5 Å². The van der Waals surface area contributed by atoms with Crippen LogP contribution >= 0.6 is 11.3 Å². The van der Waals surface area contributed by atoms with E-state index in [0.717, 1.165) is 108 Å². The summed E-state index contributed by atoms with van der Waals surface area (Å²) in [5.74, 6) is -8.35. The molecule has 13 aliphatic rings. The molecule has 0 radical (unpaired) electrons. The number of benzene rings is 1. The molecule has 15 rings (SSSR count). The summed E-state index contributed by atoms with van der Waals surface area (Å²) in [7, 11) is -10.8. The number of thiophene rings is 1. The van der Waals surface area contributed by atoms with Crippen LogP contribution in [-0.4, -0.2) is 266 Å². The molecule has 11 fully saturated rings. The van der Waals surface area contributed by atoms with E-state index in [1.807, 2.05) is 104 Å². The Labute approximate surface area is 871 Å². The highest BCUT2D eigenvalue weighted by Crippen LogP contribution is 2.67. The van der Waals surface area contributed by atoms with Crippen LogP contribution in [0.4, 0.5) is 14.4 Å². The van der Waals surface area contributed by atoms with Gasteiger partial charge in [0.1, 0.15) is 36.3 Å². The van der Waals surface area contributed by atoms with Crippen molar-refractivity contribution in [2.45, 2.75) is 362 Å². The molecule has 2 aromatic rings. The number of Topliss-reactive ketones (excluding diaryl/α,β-unsaturated/α-hetero) is 3. The molecule has 1 aromatic carbocycles. The molecular weight excluding hydrogens is 1970 g/mol. The average Bonchev–Trinajstić information content (AvgIpc) is 1.53. The third-order valence-electron chi connectivity index (χ3n) is 34.3. The minimum absolute atomic E-state index is 0.0259. The van der Waals surface area contributed by atoms with Crippen molar-refractivity contribution in [3.8, 4) is 0 Å². The van der Waals surface area contributed by atoms with Crippen molar-refractivity contribution >= 4 is 130 Å². The topological polar surface area (TPSA) is 564 Å². The average molecular weight is 2130 g/mol.